The minimum Gasteiger partial charge on any atom is -0.476 e. The van der Waals surface area contributed by atoms with E-state index in [4.69, 9.17) is 11.6 Å². The van der Waals surface area contributed by atoms with Crippen LogP contribution in [0.2, 0.25) is 5.02 Å². The highest BCUT2D eigenvalue weighted by Gasteiger charge is 2.22. The van der Waals surface area contributed by atoms with Crippen molar-refractivity contribution in [2.24, 2.45) is 0 Å². The minimum atomic E-state index is -1.09. The first kappa shape index (κ1) is 14.4. The number of carboxylic acids is 1. The van der Waals surface area contributed by atoms with Gasteiger partial charge in [0.1, 0.15) is 0 Å². The molecule has 0 bridgehead atoms. The molecule has 0 aliphatic rings. The molecule has 3 aromatic rings. The van der Waals surface area contributed by atoms with Gasteiger partial charge in [0.15, 0.2) is 5.69 Å². The molecule has 2 aromatic carbocycles. The number of carboxylic acid groups (broad SMARTS) is 1. The summed E-state index contributed by atoms with van der Waals surface area (Å²) in [6.07, 6.45) is 0. The van der Waals surface area contributed by atoms with Crippen LogP contribution in [-0.4, -0.2) is 21.3 Å². The van der Waals surface area contributed by atoms with Gasteiger partial charge in [-0.25, -0.2) is 4.79 Å². The Kier molecular flexibility index (Phi) is 3.69. The second-order valence-electron chi connectivity index (χ2n) is 4.98. The summed E-state index contributed by atoms with van der Waals surface area (Å²) in [6.45, 7) is 1.93. The summed E-state index contributed by atoms with van der Waals surface area (Å²) >= 11 is 6.32. The second-order valence-corrected chi connectivity index (χ2v) is 5.38. The van der Waals surface area contributed by atoms with Crippen molar-refractivity contribution in [3.8, 4) is 22.4 Å². The van der Waals surface area contributed by atoms with Gasteiger partial charge in [0.2, 0.25) is 0 Å². The average molecular weight is 313 g/mol. The maximum absolute atomic E-state index is 11.5. The third kappa shape index (κ3) is 2.49. The van der Waals surface area contributed by atoms with Gasteiger partial charge in [-0.05, 0) is 18.6 Å². The number of aromatic amines is 1. The van der Waals surface area contributed by atoms with E-state index in [9.17, 15) is 9.90 Å². The number of halogens is 1. The van der Waals surface area contributed by atoms with E-state index in [2.05, 4.69) is 10.2 Å². The van der Waals surface area contributed by atoms with Gasteiger partial charge in [-0.2, -0.15) is 5.10 Å². The standard InChI is InChI=1S/C17H13ClN2O2/c1-10-7-8-12(13(18)9-10)14-15(11-5-3-2-4-6-11)19-20-16(14)17(21)22/h2-9H,1H3,(H,19,20)(H,21,22). The van der Waals surface area contributed by atoms with Crippen molar-refractivity contribution >= 4 is 17.6 Å². The minimum absolute atomic E-state index is 0.0374. The van der Waals surface area contributed by atoms with E-state index in [1.807, 2.05) is 55.5 Å². The van der Waals surface area contributed by atoms with Crippen LogP contribution in [0, 0.1) is 6.92 Å². The van der Waals surface area contributed by atoms with E-state index in [1.54, 1.807) is 0 Å². The lowest BCUT2D eigenvalue weighted by Crippen LogP contribution is -1.99. The summed E-state index contributed by atoms with van der Waals surface area (Å²) in [5.41, 5.74) is 3.62. The fourth-order valence-corrected chi connectivity index (χ4v) is 2.73. The molecule has 0 saturated heterocycles. The first-order valence-corrected chi connectivity index (χ1v) is 7.09. The molecule has 0 spiro atoms. The molecular weight excluding hydrogens is 300 g/mol. The third-order valence-electron chi connectivity index (χ3n) is 3.43. The molecule has 0 radical (unpaired) electrons. The Hall–Kier alpha value is -2.59. The molecule has 0 aliphatic carbocycles. The van der Waals surface area contributed by atoms with Crippen molar-refractivity contribution in [2.45, 2.75) is 6.92 Å². The van der Waals surface area contributed by atoms with Crippen LogP contribution < -0.4 is 0 Å². The number of rotatable bonds is 3. The fourth-order valence-electron chi connectivity index (χ4n) is 2.40. The predicted molar refractivity (Wildman–Crippen MR) is 86.2 cm³/mol. The highest BCUT2D eigenvalue weighted by molar-refractivity contribution is 6.33. The van der Waals surface area contributed by atoms with Gasteiger partial charge in [0.05, 0.1) is 5.69 Å². The first-order chi connectivity index (χ1) is 10.6. The maximum Gasteiger partial charge on any atom is 0.357 e. The molecule has 5 heteroatoms. The molecule has 0 amide bonds. The molecular formula is C17H13ClN2O2. The average Bonchev–Trinajstić information content (AvgIpc) is 2.93. The van der Waals surface area contributed by atoms with Crippen molar-refractivity contribution < 1.29 is 9.90 Å². The summed E-state index contributed by atoms with van der Waals surface area (Å²) in [5, 5.41) is 16.7. The number of aromatic carboxylic acids is 1. The van der Waals surface area contributed by atoms with Gasteiger partial charge in [-0.1, -0.05) is 54.1 Å². The molecule has 4 nitrogen and oxygen atoms in total. The molecule has 0 saturated carbocycles. The van der Waals surface area contributed by atoms with E-state index in [0.29, 0.717) is 21.8 Å². The van der Waals surface area contributed by atoms with Crippen molar-refractivity contribution in [1.82, 2.24) is 10.2 Å². The lowest BCUT2D eigenvalue weighted by atomic mass is 9.98. The lowest BCUT2D eigenvalue weighted by Gasteiger charge is -2.08. The van der Waals surface area contributed by atoms with Crippen LogP contribution in [0.15, 0.2) is 48.5 Å². The SMILES string of the molecule is Cc1ccc(-c2c(C(=O)O)n[nH]c2-c2ccccc2)c(Cl)c1. The van der Waals surface area contributed by atoms with Crippen LogP contribution in [-0.2, 0) is 0 Å². The predicted octanol–water partition coefficient (Wildman–Crippen LogP) is 4.40. The number of aromatic nitrogens is 2. The van der Waals surface area contributed by atoms with Gasteiger partial charge in [0, 0.05) is 21.7 Å². The Bertz CT molecular complexity index is 841. The van der Waals surface area contributed by atoms with Crippen LogP contribution in [0.1, 0.15) is 16.1 Å². The largest absolute Gasteiger partial charge is 0.476 e. The Morgan fingerprint density at radius 3 is 2.55 bits per heavy atom. The highest BCUT2D eigenvalue weighted by Crippen LogP contribution is 2.37. The zero-order valence-corrected chi connectivity index (χ0v) is 12.6. The number of hydrogen-bond donors (Lipinski definition) is 2. The Balaban J connectivity index is 2.28. The molecule has 1 heterocycles. The highest BCUT2D eigenvalue weighted by atomic mass is 35.5. The summed E-state index contributed by atoms with van der Waals surface area (Å²) in [4.78, 5) is 11.5. The van der Waals surface area contributed by atoms with Crippen LogP contribution in [0.4, 0.5) is 0 Å². The van der Waals surface area contributed by atoms with Crippen molar-refractivity contribution in [2.75, 3.05) is 0 Å². The van der Waals surface area contributed by atoms with Crippen molar-refractivity contribution in [3.63, 3.8) is 0 Å². The maximum atomic E-state index is 11.5. The first-order valence-electron chi connectivity index (χ1n) is 6.71. The van der Waals surface area contributed by atoms with E-state index < -0.39 is 5.97 Å². The normalized spacial score (nSPS) is 10.6. The number of aryl methyl sites for hydroxylation is 1. The van der Waals surface area contributed by atoms with Crippen molar-refractivity contribution in [1.29, 1.82) is 0 Å². The topological polar surface area (TPSA) is 66.0 Å². The number of carbonyl (C=O) groups is 1. The van der Waals surface area contributed by atoms with Gasteiger partial charge in [-0.15, -0.1) is 0 Å². The molecule has 0 unspecified atom stereocenters. The molecule has 0 aliphatic heterocycles. The van der Waals surface area contributed by atoms with Gasteiger partial charge >= 0.3 is 5.97 Å². The summed E-state index contributed by atoms with van der Waals surface area (Å²) in [6, 6.07) is 15.0. The molecule has 0 atom stereocenters. The molecule has 2 N–H and O–H groups in total. The molecule has 1 aromatic heterocycles. The lowest BCUT2D eigenvalue weighted by molar-refractivity contribution is 0.0691. The number of benzene rings is 2. The van der Waals surface area contributed by atoms with Crippen molar-refractivity contribution in [3.05, 3.63) is 64.8 Å². The van der Waals surface area contributed by atoms with Crippen LogP contribution in [0.3, 0.4) is 0 Å². The van der Waals surface area contributed by atoms with Gasteiger partial charge in [-0.3, -0.25) is 5.10 Å². The summed E-state index contributed by atoms with van der Waals surface area (Å²) in [7, 11) is 0. The summed E-state index contributed by atoms with van der Waals surface area (Å²) < 4.78 is 0. The van der Waals surface area contributed by atoms with E-state index in [0.717, 1.165) is 11.1 Å². The monoisotopic (exact) mass is 312 g/mol. The fraction of sp³-hybridized carbons (Fsp3) is 0.0588. The zero-order chi connectivity index (χ0) is 15.7. The number of H-pyrrole nitrogens is 1. The number of nitrogens with zero attached hydrogens (tertiary/aromatic N) is 1. The number of nitrogens with one attached hydrogen (secondary N) is 1. The number of hydrogen-bond acceptors (Lipinski definition) is 2. The second kappa shape index (κ2) is 5.66. The van der Waals surface area contributed by atoms with Crippen LogP contribution >= 0.6 is 11.6 Å². The molecule has 22 heavy (non-hydrogen) atoms. The molecule has 0 fully saturated rings. The Morgan fingerprint density at radius 1 is 1.18 bits per heavy atom. The van der Waals surface area contributed by atoms with Gasteiger partial charge < -0.3 is 5.11 Å². The molecule has 3 rings (SSSR count). The van der Waals surface area contributed by atoms with Crippen LogP contribution in [0.25, 0.3) is 22.4 Å². The quantitative estimate of drug-likeness (QED) is 0.753. The Morgan fingerprint density at radius 2 is 1.91 bits per heavy atom. The van der Waals surface area contributed by atoms with Gasteiger partial charge in [0.25, 0.3) is 0 Å². The van der Waals surface area contributed by atoms with Crippen LogP contribution in [0.5, 0.6) is 0 Å². The third-order valence-corrected chi connectivity index (χ3v) is 3.74. The summed E-state index contributed by atoms with van der Waals surface area (Å²) in [5.74, 6) is -1.09. The molecule has 110 valence electrons. The Labute approximate surface area is 132 Å². The van der Waals surface area contributed by atoms with E-state index in [-0.39, 0.29) is 5.69 Å². The zero-order valence-electron chi connectivity index (χ0n) is 11.8. The smallest absolute Gasteiger partial charge is 0.357 e. The van der Waals surface area contributed by atoms with E-state index in [1.165, 1.54) is 0 Å². The van der Waals surface area contributed by atoms with E-state index >= 15 is 0 Å².